The summed E-state index contributed by atoms with van der Waals surface area (Å²) >= 11 is 0. The lowest BCUT2D eigenvalue weighted by Crippen LogP contribution is -2.34. The van der Waals surface area contributed by atoms with Gasteiger partial charge in [0.2, 0.25) is 0 Å². The quantitative estimate of drug-likeness (QED) is 0.348. The maximum Gasteiger partial charge on any atom is 0.190 e. The highest BCUT2D eigenvalue weighted by Gasteiger charge is 2.06. The predicted octanol–water partition coefficient (Wildman–Crippen LogP) is 3.51. The van der Waals surface area contributed by atoms with E-state index in [9.17, 15) is 0 Å². The van der Waals surface area contributed by atoms with Crippen molar-refractivity contribution < 1.29 is 0 Å². The van der Waals surface area contributed by atoms with Crippen LogP contribution in [0.2, 0.25) is 0 Å². The molecule has 0 bridgehead atoms. The molecule has 0 aliphatic carbocycles. The molecule has 0 aliphatic rings. The van der Waals surface area contributed by atoms with Crippen LogP contribution in [0.15, 0.2) is 72.2 Å². The second-order valence-electron chi connectivity index (χ2n) is 5.76. The van der Waals surface area contributed by atoms with Crippen LogP contribution in [0.1, 0.15) is 11.1 Å². The van der Waals surface area contributed by atoms with E-state index < -0.39 is 0 Å². The van der Waals surface area contributed by atoms with E-state index in [2.05, 4.69) is 73.7 Å². The molecule has 3 rings (SSSR count). The number of imidazole rings is 1. The molecule has 0 saturated carbocycles. The predicted molar refractivity (Wildman–Crippen MR) is 118 cm³/mol. The molecule has 2 aromatic carbocycles. The van der Waals surface area contributed by atoms with Gasteiger partial charge in [-0.2, -0.15) is 0 Å². The highest BCUT2D eigenvalue weighted by molar-refractivity contribution is 14.0. The minimum atomic E-state index is 0. The van der Waals surface area contributed by atoms with Gasteiger partial charge in [-0.15, -0.1) is 24.0 Å². The van der Waals surface area contributed by atoms with Gasteiger partial charge in [-0.25, -0.2) is 4.98 Å². The molecule has 3 aromatic rings. The van der Waals surface area contributed by atoms with E-state index in [0.717, 1.165) is 19.0 Å². The molecule has 0 amide bonds. The molecule has 1 heterocycles. The third-order valence-electron chi connectivity index (χ3n) is 4.11. The molecule has 2 N–H and O–H groups in total. The molecule has 0 spiro atoms. The van der Waals surface area contributed by atoms with Gasteiger partial charge < -0.3 is 15.2 Å². The molecule has 5 nitrogen and oxygen atoms in total. The fourth-order valence-corrected chi connectivity index (χ4v) is 2.80. The van der Waals surface area contributed by atoms with Gasteiger partial charge in [0, 0.05) is 39.6 Å². The number of aliphatic imine (C=N–C) groups is 1. The molecule has 26 heavy (non-hydrogen) atoms. The first-order chi connectivity index (χ1) is 12.3. The number of aromatic nitrogens is 2. The van der Waals surface area contributed by atoms with Gasteiger partial charge in [-0.1, -0.05) is 48.5 Å². The van der Waals surface area contributed by atoms with E-state index in [1.165, 1.54) is 22.3 Å². The summed E-state index contributed by atoms with van der Waals surface area (Å²) in [7, 11) is 3.63. The normalized spacial score (nSPS) is 10.9. The van der Waals surface area contributed by atoms with Gasteiger partial charge in [-0.3, -0.25) is 4.99 Å². The highest BCUT2D eigenvalue weighted by Crippen LogP contribution is 2.24. The van der Waals surface area contributed by atoms with Crippen molar-refractivity contribution in [2.45, 2.75) is 13.1 Å². The second kappa shape index (κ2) is 9.96. The first-order valence-corrected chi connectivity index (χ1v) is 8.31. The van der Waals surface area contributed by atoms with E-state index in [0.29, 0.717) is 0 Å². The number of benzene rings is 2. The Morgan fingerprint density at radius 3 is 2.54 bits per heavy atom. The lowest BCUT2D eigenvalue weighted by molar-refractivity contribution is 0.797. The third-order valence-corrected chi connectivity index (χ3v) is 4.11. The Kier molecular flexibility index (Phi) is 7.65. The number of guanidine groups is 1. The molecule has 0 atom stereocenters. The zero-order valence-electron chi connectivity index (χ0n) is 15.0. The van der Waals surface area contributed by atoms with Crippen molar-refractivity contribution in [1.82, 2.24) is 20.2 Å². The summed E-state index contributed by atoms with van der Waals surface area (Å²) in [6, 6.07) is 17.1. The topological polar surface area (TPSA) is 54.2 Å². The molecular weight excluding hydrogens is 437 g/mol. The summed E-state index contributed by atoms with van der Waals surface area (Å²) in [6.07, 6.45) is 5.61. The van der Waals surface area contributed by atoms with Crippen molar-refractivity contribution in [3.05, 3.63) is 78.4 Å². The summed E-state index contributed by atoms with van der Waals surface area (Å²) in [5, 5.41) is 6.36. The van der Waals surface area contributed by atoms with E-state index in [1.54, 1.807) is 13.2 Å². The van der Waals surface area contributed by atoms with E-state index in [-0.39, 0.29) is 24.0 Å². The van der Waals surface area contributed by atoms with Gasteiger partial charge >= 0.3 is 0 Å². The number of nitrogens with one attached hydrogen (secondary N) is 2. The molecule has 0 unspecified atom stereocenters. The largest absolute Gasteiger partial charge is 0.359 e. The SMILES string of the molecule is CN=C(NC)NCc1ccccc1-c1ccc(Cn2ccnc2)cc1.I. The fraction of sp³-hybridized carbons (Fsp3) is 0.200. The summed E-state index contributed by atoms with van der Waals surface area (Å²) in [5.41, 5.74) is 4.94. The highest BCUT2D eigenvalue weighted by atomic mass is 127. The van der Waals surface area contributed by atoms with E-state index >= 15 is 0 Å². The Morgan fingerprint density at radius 1 is 1.12 bits per heavy atom. The van der Waals surface area contributed by atoms with Crippen LogP contribution in [0.4, 0.5) is 0 Å². The van der Waals surface area contributed by atoms with Crippen molar-refractivity contribution in [2.24, 2.45) is 4.99 Å². The number of rotatable bonds is 5. The molecule has 0 fully saturated rings. The molecular formula is C20H24IN5. The minimum absolute atomic E-state index is 0. The van der Waals surface area contributed by atoms with Gasteiger partial charge in [0.05, 0.1) is 6.33 Å². The standard InChI is InChI=1S/C20H23N5.HI/c1-21-20(22-2)24-13-18-5-3-4-6-19(18)17-9-7-16(8-10-17)14-25-12-11-23-15-25;/h3-12,15H,13-14H2,1-2H3,(H2,21,22,24);1H. The van der Waals surface area contributed by atoms with Crippen LogP contribution in [-0.4, -0.2) is 29.6 Å². The zero-order valence-corrected chi connectivity index (χ0v) is 17.3. The Hall–Kier alpha value is -2.35. The first-order valence-electron chi connectivity index (χ1n) is 8.31. The third kappa shape index (κ3) is 5.08. The van der Waals surface area contributed by atoms with Crippen LogP contribution in [0.25, 0.3) is 11.1 Å². The maximum absolute atomic E-state index is 4.16. The minimum Gasteiger partial charge on any atom is -0.359 e. The van der Waals surface area contributed by atoms with Crippen LogP contribution >= 0.6 is 24.0 Å². The summed E-state index contributed by atoms with van der Waals surface area (Å²) in [4.78, 5) is 8.24. The van der Waals surface area contributed by atoms with Gasteiger partial charge in [0.25, 0.3) is 0 Å². The Balaban J connectivity index is 0.00000243. The smallest absolute Gasteiger partial charge is 0.190 e. The molecule has 1 aromatic heterocycles. The van der Waals surface area contributed by atoms with Gasteiger partial charge in [0.1, 0.15) is 0 Å². The van der Waals surface area contributed by atoms with Crippen molar-refractivity contribution in [3.8, 4) is 11.1 Å². The van der Waals surface area contributed by atoms with Crippen LogP contribution < -0.4 is 10.6 Å². The van der Waals surface area contributed by atoms with Crippen molar-refractivity contribution >= 4 is 29.9 Å². The van der Waals surface area contributed by atoms with E-state index in [1.807, 2.05) is 19.6 Å². The van der Waals surface area contributed by atoms with Gasteiger partial charge in [-0.05, 0) is 22.3 Å². The maximum atomic E-state index is 4.16. The Morgan fingerprint density at radius 2 is 1.88 bits per heavy atom. The van der Waals surface area contributed by atoms with Crippen LogP contribution in [0, 0.1) is 0 Å². The number of halogens is 1. The Labute approximate surface area is 171 Å². The van der Waals surface area contributed by atoms with Crippen molar-refractivity contribution in [1.29, 1.82) is 0 Å². The molecule has 0 radical (unpaired) electrons. The van der Waals surface area contributed by atoms with Crippen molar-refractivity contribution in [3.63, 3.8) is 0 Å². The number of hydrogen-bond acceptors (Lipinski definition) is 2. The second-order valence-corrected chi connectivity index (χ2v) is 5.76. The lowest BCUT2D eigenvalue weighted by Gasteiger charge is -2.13. The number of nitrogens with zero attached hydrogens (tertiary/aromatic N) is 3. The lowest BCUT2D eigenvalue weighted by atomic mass is 9.98. The number of hydrogen-bond donors (Lipinski definition) is 2. The van der Waals surface area contributed by atoms with Crippen LogP contribution in [0.3, 0.4) is 0 Å². The summed E-state index contributed by atoms with van der Waals surface area (Å²) < 4.78 is 2.07. The van der Waals surface area contributed by atoms with Crippen molar-refractivity contribution in [2.75, 3.05) is 14.1 Å². The fourth-order valence-electron chi connectivity index (χ4n) is 2.80. The zero-order chi connectivity index (χ0) is 17.5. The molecule has 0 saturated heterocycles. The summed E-state index contributed by atoms with van der Waals surface area (Å²) in [6.45, 7) is 1.56. The average molecular weight is 461 g/mol. The molecule has 136 valence electrons. The summed E-state index contributed by atoms with van der Waals surface area (Å²) in [5.74, 6) is 0.783. The van der Waals surface area contributed by atoms with Crippen LogP contribution in [-0.2, 0) is 13.1 Å². The van der Waals surface area contributed by atoms with Gasteiger partial charge in [0.15, 0.2) is 5.96 Å². The first kappa shape index (κ1) is 20.0. The van der Waals surface area contributed by atoms with Crippen LogP contribution in [0.5, 0.6) is 0 Å². The molecule has 6 heteroatoms. The monoisotopic (exact) mass is 461 g/mol. The Bertz CT molecular complexity index is 826. The molecule has 0 aliphatic heterocycles. The van der Waals surface area contributed by atoms with E-state index in [4.69, 9.17) is 0 Å². The average Bonchev–Trinajstić information content (AvgIpc) is 3.17.